The molecular formula is C27H35FN4O3. The number of halogens is 1. The van der Waals surface area contributed by atoms with E-state index in [4.69, 9.17) is 4.74 Å². The van der Waals surface area contributed by atoms with Gasteiger partial charge in [-0.1, -0.05) is 44.2 Å². The largest absolute Gasteiger partial charge is 0.365 e. The maximum Gasteiger partial charge on any atom is 0.274 e. The fourth-order valence-electron chi connectivity index (χ4n) is 5.60. The highest BCUT2D eigenvalue weighted by molar-refractivity contribution is 5.93. The highest BCUT2D eigenvalue weighted by Gasteiger charge is 2.32. The number of aromatic nitrogens is 2. The molecule has 3 aliphatic rings. The first-order valence-electron chi connectivity index (χ1n) is 13.1. The fourth-order valence-corrected chi connectivity index (χ4v) is 5.60. The molecule has 1 N–H and O–H groups in total. The number of rotatable bonds is 4. The monoisotopic (exact) mass is 482 g/mol. The maximum absolute atomic E-state index is 13.2. The van der Waals surface area contributed by atoms with Crippen molar-refractivity contribution in [1.82, 2.24) is 19.8 Å². The van der Waals surface area contributed by atoms with Crippen LogP contribution in [0.15, 0.2) is 30.6 Å². The summed E-state index contributed by atoms with van der Waals surface area (Å²) in [6, 6.07) is 6.62. The van der Waals surface area contributed by atoms with Gasteiger partial charge in [0.25, 0.3) is 5.91 Å². The average Bonchev–Trinajstić information content (AvgIpc) is 3.29. The Balaban J connectivity index is 1.15. The lowest BCUT2D eigenvalue weighted by molar-refractivity contribution is -0.127. The van der Waals surface area contributed by atoms with E-state index in [1.165, 1.54) is 44.2 Å². The van der Waals surface area contributed by atoms with Crippen molar-refractivity contribution in [3.05, 3.63) is 53.4 Å². The van der Waals surface area contributed by atoms with E-state index in [-0.39, 0.29) is 36.3 Å². The van der Waals surface area contributed by atoms with Crippen LogP contribution in [0.1, 0.15) is 85.6 Å². The lowest BCUT2D eigenvalue weighted by Gasteiger charge is -2.32. The van der Waals surface area contributed by atoms with Crippen molar-refractivity contribution >= 4 is 11.8 Å². The minimum atomic E-state index is -0.276. The number of carbonyl (C=O) groups excluding carboxylic acids is 2. The summed E-state index contributed by atoms with van der Waals surface area (Å²) in [6.07, 6.45) is 11.3. The number of hydrogen-bond donors (Lipinski definition) is 1. The molecule has 2 fully saturated rings. The van der Waals surface area contributed by atoms with E-state index >= 15 is 0 Å². The third-order valence-electron chi connectivity index (χ3n) is 7.78. The van der Waals surface area contributed by atoms with Gasteiger partial charge >= 0.3 is 0 Å². The summed E-state index contributed by atoms with van der Waals surface area (Å²) in [6.45, 7) is 1.94. The Morgan fingerprint density at radius 2 is 1.66 bits per heavy atom. The smallest absolute Gasteiger partial charge is 0.274 e. The number of nitrogens with zero attached hydrogens (tertiary/aromatic N) is 3. The molecule has 35 heavy (non-hydrogen) atoms. The van der Waals surface area contributed by atoms with Gasteiger partial charge in [0.2, 0.25) is 5.91 Å². The zero-order chi connectivity index (χ0) is 24.2. The lowest BCUT2D eigenvalue weighted by atomic mass is 9.93. The molecule has 3 heterocycles. The molecule has 188 valence electrons. The fraction of sp³-hybridized carbons (Fsp3) is 0.593. The maximum atomic E-state index is 13.2. The van der Waals surface area contributed by atoms with Crippen molar-refractivity contribution in [2.75, 3.05) is 13.1 Å². The van der Waals surface area contributed by atoms with Crippen LogP contribution < -0.4 is 5.32 Å². The minimum Gasteiger partial charge on any atom is -0.365 e. The van der Waals surface area contributed by atoms with Crippen molar-refractivity contribution in [1.29, 1.82) is 0 Å². The second-order valence-electron chi connectivity index (χ2n) is 10.2. The van der Waals surface area contributed by atoms with Crippen LogP contribution in [0.2, 0.25) is 0 Å². The molecule has 0 radical (unpaired) electrons. The summed E-state index contributed by atoms with van der Waals surface area (Å²) in [5.41, 5.74) is 2.11. The molecule has 5 rings (SSSR count). The second-order valence-corrected chi connectivity index (χ2v) is 10.2. The Morgan fingerprint density at radius 1 is 0.971 bits per heavy atom. The highest BCUT2D eigenvalue weighted by atomic mass is 19.1. The Morgan fingerprint density at radius 3 is 2.37 bits per heavy atom. The number of carbonyl (C=O) groups is 2. The van der Waals surface area contributed by atoms with Crippen molar-refractivity contribution in [3.8, 4) is 0 Å². The second kappa shape index (κ2) is 10.9. The predicted molar refractivity (Wildman–Crippen MR) is 129 cm³/mol. The first-order chi connectivity index (χ1) is 17.1. The molecule has 0 spiro atoms. The van der Waals surface area contributed by atoms with Gasteiger partial charge in [0.15, 0.2) is 5.69 Å². The number of likely N-dealkylation sites (tertiary alicyclic amines) is 1. The van der Waals surface area contributed by atoms with Gasteiger partial charge in [-0.3, -0.25) is 9.59 Å². The Bertz CT molecular complexity index is 1020. The van der Waals surface area contributed by atoms with Crippen molar-refractivity contribution in [2.24, 2.45) is 5.92 Å². The molecule has 2 aliphatic heterocycles. The first-order valence-corrected chi connectivity index (χ1v) is 13.1. The summed E-state index contributed by atoms with van der Waals surface area (Å²) in [7, 11) is 0. The molecule has 1 saturated carbocycles. The summed E-state index contributed by atoms with van der Waals surface area (Å²) in [5, 5.41) is 3.29. The molecule has 0 bridgehead atoms. The molecule has 7 nitrogen and oxygen atoms in total. The van der Waals surface area contributed by atoms with Gasteiger partial charge < -0.3 is 19.5 Å². The van der Waals surface area contributed by atoms with Crippen LogP contribution in [-0.2, 0) is 22.7 Å². The predicted octanol–water partition coefficient (Wildman–Crippen LogP) is 4.38. The van der Waals surface area contributed by atoms with E-state index < -0.39 is 0 Å². The molecule has 1 saturated heterocycles. The van der Waals surface area contributed by atoms with Crippen molar-refractivity contribution < 1.29 is 18.7 Å². The molecular weight excluding hydrogens is 447 g/mol. The number of fused-ring (bicyclic) bond motifs is 1. The van der Waals surface area contributed by atoms with E-state index in [0.717, 1.165) is 24.1 Å². The van der Waals surface area contributed by atoms with Crippen LogP contribution in [0.25, 0.3) is 0 Å². The zero-order valence-electron chi connectivity index (χ0n) is 20.3. The van der Waals surface area contributed by atoms with E-state index in [2.05, 4.69) is 10.3 Å². The van der Waals surface area contributed by atoms with Crippen LogP contribution in [0.5, 0.6) is 0 Å². The first kappa shape index (κ1) is 24.0. The quantitative estimate of drug-likeness (QED) is 0.702. The van der Waals surface area contributed by atoms with Gasteiger partial charge in [-0.25, -0.2) is 9.37 Å². The molecule has 1 aromatic carbocycles. The normalized spacial score (nSPS) is 22.2. The number of benzene rings is 1. The number of hydrogen-bond acceptors (Lipinski definition) is 4. The number of ether oxygens (including phenoxy) is 1. The van der Waals surface area contributed by atoms with Gasteiger partial charge in [0.05, 0.1) is 25.2 Å². The molecule has 1 aromatic heterocycles. The summed E-state index contributed by atoms with van der Waals surface area (Å²) < 4.78 is 21.2. The van der Waals surface area contributed by atoms with Crippen LogP contribution in [-0.4, -0.2) is 45.4 Å². The van der Waals surface area contributed by atoms with Gasteiger partial charge in [0, 0.05) is 25.0 Å². The van der Waals surface area contributed by atoms with E-state index in [1.807, 2.05) is 9.47 Å². The lowest BCUT2D eigenvalue weighted by Crippen LogP contribution is -2.45. The van der Waals surface area contributed by atoms with Gasteiger partial charge in [-0.05, 0) is 43.4 Å². The minimum absolute atomic E-state index is 0.0276. The molecule has 1 atom stereocenters. The van der Waals surface area contributed by atoms with Gasteiger partial charge in [-0.15, -0.1) is 0 Å². The van der Waals surface area contributed by atoms with Crippen molar-refractivity contribution in [3.63, 3.8) is 0 Å². The number of nitrogens with one attached hydrogen (secondary N) is 1. The van der Waals surface area contributed by atoms with Crippen LogP contribution in [0, 0.1) is 11.7 Å². The van der Waals surface area contributed by atoms with Crippen LogP contribution in [0.4, 0.5) is 4.39 Å². The third-order valence-corrected chi connectivity index (χ3v) is 7.78. The summed E-state index contributed by atoms with van der Waals surface area (Å²) in [4.78, 5) is 32.3. The van der Waals surface area contributed by atoms with Crippen LogP contribution >= 0.6 is 0 Å². The number of amides is 2. The average molecular weight is 483 g/mol. The summed E-state index contributed by atoms with van der Waals surface area (Å²) in [5.74, 6) is -0.245. The van der Waals surface area contributed by atoms with Gasteiger partial charge in [-0.2, -0.15) is 0 Å². The Labute approximate surface area is 206 Å². The molecule has 8 heteroatoms. The highest BCUT2D eigenvalue weighted by Crippen LogP contribution is 2.29. The van der Waals surface area contributed by atoms with E-state index in [1.54, 1.807) is 18.5 Å². The Hall–Kier alpha value is -2.74. The molecule has 1 aliphatic carbocycles. The van der Waals surface area contributed by atoms with Gasteiger partial charge in [0.1, 0.15) is 11.9 Å². The van der Waals surface area contributed by atoms with E-state index in [9.17, 15) is 14.0 Å². The molecule has 0 unspecified atom stereocenters. The van der Waals surface area contributed by atoms with E-state index in [0.29, 0.717) is 44.2 Å². The summed E-state index contributed by atoms with van der Waals surface area (Å²) >= 11 is 0. The Kier molecular flexibility index (Phi) is 7.46. The number of piperidine rings is 1. The third kappa shape index (κ3) is 5.58. The standard InChI is InChI=1S/C27H35FN4O3/c28-21-10-8-19(9-11-21)24-16-32-18-29-25(23(32)17-35-24)27(34)31-14-12-20(13-15-31)26(33)30-22-6-4-2-1-3-5-7-22/h8-11,18,20,22,24H,1-7,12-17H2,(H,30,33)/t24-/m0/s1. The SMILES string of the molecule is O=C(NC1CCCCCCC1)C1CCN(C(=O)c2ncn3c2CO[C@H](c2ccc(F)cc2)C3)CC1. The van der Waals surface area contributed by atoms with Crippen LogP contribution in [0.3, 0.4) is 0 Å². The topological polar surface area (TPSA) is 76.5 Å². The zero-order valence-corrected chi connectivity index (χ0v) is 20.3. The molecule has 2 amide bonds. The van der Waals surface area contributed by atoms with Crippen molar-refractivity contribution in [2.45, 2.75) is 83.1 Å². The molecule has 2 aromatic rings. The number of imidazole rings is 1.